The molecule has 3 fully saturated rings. The topological polar surface area (TPSA) is 52.3 Å². The van der Waals surface area contributed by atoms with Crippen molar-refractivity contribution in [3.8, 4) is 0 Å². The Hall–Kier alpha value is -0.570. The van der Waals surface area contributed by atoms with Crippen molar-refractivity contribution in [2.75, 3.05) is 6.54 Å². The van der Waals surface area contributed by atoms with Crippen LogP contribution in [0.1, 0.15) is 46.0 Å². The molecule has 1 heterocycles. The quantitative estimate of drug-likeness (QED) is 0.766. The molecule has 2 N–H and O–H groups in total. The second kappa shape index (κ2) is 4.22. The Bertz CT molecular complexity index is 352. The van der Waals surface area contributed by atoms with Crippen LogP contribution >= 0.6 is 0 Å². The van der Waals surface area contributed by atoms with E-state index in [0.29, 0.717) is 29.7 Å². The lowest BCUT2D eigenvalue weighted by Crippen LogP contribution is -2.45. The van der Waals surface area contributed by atoms with Gasteiger partial charge in [-0.05, 0) is 61.8 Å². The zero-order valence-electron chi connectivity index (χ0n) is 11.5. The Morgan fingerprint density at radius 3 is 2.83 bits per heavy atom. The molecular formula is C15H25NO2. The van der Waals surface area contributed by atoms with Crippen molar-refractivity contribution >= 4 is 5.97 Å². The fraction of sp³-hybridized carbons (Fsp3) is 0.933. The first-order chi connectivity index (χ1) is 8.51. The van der Waals surface area contributed by atoms with Crippen LogP contribution in [0, 0.1) is 29.1 Å². The molecule has 3 aliphatic rings. The molecule has 0 radical (unpaired) electrons. The third-order valence-corrected chi connectivity index (χ3v) is 5.65. The van der Waals surface area contributed by atoms with Gasteiger partial charge in [-0.25, -0.2) is 0 Å². The Balaban J connectivity index is 1.99. The van der Waals surface area contributed by atoms with Gasteiger partial charge in [-0.1, -0.05) is 13.8 Å². The fourth-order valence-corrected chi connectivity index (χ4v) is 4.94. The lowest BCUT2D eigenvalue weighted by molar-refractivity contribution is -0.163. The number of ether oxygens (including phenoxy) is 1. The zero-order chi connectivity index (χ0) is 12.9. The average molecular weight is 251 g/mol. The molecule has 5 atom stereocenters. The van der Waals surface area contributed by atoms with Crippen molar-refractivity contribution in [1.29, 1.82) is 0 Å². The minimum atomic E-state index is 0.0705. The number of rotatable bonds is 2. The lowest BCUT2D eigenvalue weighted by atomic mass is 9.59. The van der Waals surface area contributed by atoms with Gasteiger partial charge in [0.05, 0.1) is 5.92 Å². The molecule has 1 saturated heterocycles. The number of hydrogen-bond donors (Lipinski definition) is 1. The molecule has 102 valence electrons. The highest BCUT2D eigenvalue weighted by Crippen LogP contribution is 2.55. The van der Waals surface area contributed by atoms with Crippen LogP contribution < -0.4 is 5.73 Å². The molecule has 3 heteroatoms. The molecule has 3 rings (SSSR count). The minimum Gasteiger partial charge on any atom is -0.462 e. The van der Waals surface area contributed by atoms with Gasteiger partial charge in [0.1, 0.15) is 6.10 Å². The van der Waals surface area contributed by atoms with Crippen molar-refractivity contribution in [3.63, 3.8) is 0 Å². The average Bonchev–Trinajstić information content (AvgIpc) is 2.46. The second-order valence-corrected chi connectivity index (χ2v) is 7.28. The maximum atomic E-state index is 12.2. The van der Waals surface area contributed by atoms with E-state index in [1.807, 2.05) is 0 Å². The van der Waals surface area contributed by atoms with Crippen LogP contribution in [0.25, 0.3) is 0 Å². The number of fused-ring (bicyclic) bond motifs is 3. The Morgan fingerprint density at radius 1 is 1.33 bits per heavy atom. The van der Waals surface area contributed by atoms with Crippen LogP contribution in [0.5, 0.6) is 0 Å². The van der Waals surface area contributed by atoms with Gasteiger partial charge in [0.25, 0.3) is 0 Å². The highest BCUT2D eigenvalue weighted by Gasteiger charge is 2.53. The maximum absolute atomic E-state index is 12.2. The Morgan fingerprint density at radius 2 is 2.11 bits per heavy atom. The molecule has 0 spiro atoms. The monoisotopic (exact) mass is 251 g/mol. The van der Waals surface area contributed by atoms with E-state index in [0.717, 1.165) is 25.7 Å². The first-order valence-electron chi connectivity index (χ1n) is 7.42. The molecule has 2 aliphatic carbocycles. The number of carbonyl (C=O) groups excluding carboxylic acids is 1. The SMILES string of the molecule is CC1(C)CC2CC3CC(C(=O)O2)C(CCN)C1C3. The van der Waals surface area contributed by atoms with E-state index < -0.39 is 0 Å². The van der Waals surface area contributed by atoms with Gasteiger partial charge in [-0.2, -0.15) is 0 Å². The molecule has 0 aromatic heterocycles. The van der Waals surface area contributed by atoms with E-state index in [1.165, 1.54) is 6.42 Å². The van der Waals surface area contributed by atoms with Crippen molar-refractivity contribution in [1.82, 2.24) is 0 Å². The van der Waals surface area contributed by atoms with Crippen LogP contribution in [0.2, 0.25) is 0 Å². The van der Waals surface area contributed by atoms with Gasteiger partial charge >= 0.3 is 5.97 Å². The predicted octanol–water partition coefficient (Wildman–Crippen LogP) is 2.34. The van der Waals surface area contributed by atoms with Gasteiger partial charge < -0.3 is 10.5 Å². The van der Waals surface area contributed by atoms with Crippen LogP contribution in [-0.4, -0.2) is 18.6 Å². The summed E-state index contributed by atoms with van der Waals surface area (Å²) in [5, 5.41) is 0. The molecule has 0 amide bonds. The van der Waals surface area contributed by atoms with Crippen molar-refractivity contribution < 1.29 is 9.53 Å². The molecule has 5 unspecified atom stereocenters. The number of esters is 1. The van der Waals surface area contributed by atoms with E-state index in [-0.39, 0.29) is 18.0 Å². The molecule has 4 bridgehead atoms. The van der Waals surface area contributed by atoms with Crippen molar-refractivity contribution in [2.24, 2.45) is 34.8 Å². The van der Waals surface area contributed by atoms with Crippen molar-refractivity contribution in [3.05, 3.63) is 0 Å². The van der Waals surface area contributed by atoms with E-state index in [9.17, 15) is 4.79 Å². The first kappa shape index (κ1) is 12.5. The van der Waals surface area contributed by atoms with Gasteiger partial charge in [0.2, 0.25) is 0 Å². The third-order valence-electron chi connectivity index (χ3n) is 5.65. The Labute approximate surface area is 109 Å². The van der Waals surface area contributed by atoms with E-state index in [1.54, 1.807) is 0 Å². The van der Waals surface area contributed by atoms with E-state index >= 15 is 0 Å². The van der Waals surface area contributed by atoms with Crippen LogP contribution in [0.4, 0.5) is 0 Å². The van der Waals surface area contributed by atoms with Crippen LogP contribution in [-0.2, 0) is 9.53 Å². The van der Waals surface area contributed by atoms with Crippen LogP contribution in [0.3, 0.4) is 0 Å². The summed E-state index contributed by atoms with van der Waals surface area (Å²) in [7, 11) is 0. The lowest BCUT2D eigenvalue weighted by Gasteiger charge is -2.47. The van der Waals surface area contributed by atoms with Gasteiger partial charge in [0, 0.05) is 0 Å². The summed E-state index contributed by atoms with van der Waals surface area (Å²) >= 11 is 0. The molecule has 3 nitrogen and oxygen atoms in total. The molecule has 0 aromatic carbocycles. The number of nitrogens with two attached hydrogens (primary N) is 1. The highest BCUT2D eigenvalue weighted by atomic mass is 16.5. The van der Waals surface area contributed by atoms with Crippen molar-refractivity contribution in [2.45, 2.75) is 52.1 Å². The standard InChI is InChI=1S/C15H25NO2/c1-15(2)8-10-5-9-6-12(14(17)18-10)11(3-4-16)13(15)7-9/h9-13H,3-8,16H2,1-2H3. The summed E-state index contributed by atoms with van der Waals surface area (Å²) in [6.07, 6.45) is 5.61. The molecule has 18 heavy (non-hydrogen) atoms. The summed E-state index contributed by atoms with van der Waals surface area (Å²) < 4.78 is 5.74. The largest absolute Gasteiger partial charge is 0.462 e. The summed E-state index contributed by atoms with van der Waals surface area (Å²) in [5.74, 6) is 2.01. The van der Waals surface area contributed by atoms with E-state index in [4.69, 9.17) is 10.5 Å². The van der Waals surface area contributed by atoms with Gasteiger partial charge in [-0.15, -0.1) is 0 Å². The number of carbonyl (C=O) groups is 1. The molecular weight excluding hydrogens is 226 g/mol. The fourth-order valence-electron chi connectivity index (χ4n) is 4.94. The smallest absolute Gasteiger partial charge is 0.309 e. The normalized spacial score (nSPS) is 45.5. The van der Waals surface area contributed by atoms with Gasteiger partial charge in [-0.3, -0.25) is 4.79 Å². The minimum absolute atomic E-state index is 0.0705. The summed E-state index contributed by atoms with van der Waals surface area (Å²) in [5.41, 5.74) is 6.07. The van der Waals surface area contributed by atoms with Gasteiger partial charge in [0.15, 0.2) is 0 Å². The van der Waals surface area contributed by atoms with E-state index in [2.05, 4.69) is 13.8 Å². The predicted molar refractivity (Wildman–Crippen MR) is 69.8 cm³/mol. The Kier molecular flexibility index (Phi) is 2.92. The molecule has 2 saturated carbocycles. The second-order valence-electron chi connectivity index (χ2n) is 7.28. The van der Waals surface area contributed by atoms with Crippen LogP contribution in [0.15, 0.2) is 0 Å². The molecule has 0 aromatic rings. The maximum Gasteiger partial charge on any atom is 0.309 e. The molecule has 1 aliphatic heterocycles. The summed E-state index contributed by atoms with van der Waals surface area (Å²) in [6, 6.07) is 0. The third kappa shape index (κ3) is 1.87. The number of hydrogen-bond acceptors (Lipinski definition) is 3. The first-order valence-corrected chi connectivity index (χ1v) is 7.42. The summed E-state index contributed by atoms with van der Waals surface area (Å²) in [6.45, 7) is 5.41. The highest BCUT2D eigenvalue weighted by molar-refractivity contribution is 5.73. The summed E-state index contributed by atoms with van der Waals surface area (Å²) in [4.78, 5) is 12.2. The zero-order valence-corrected chi connectivity index (χ0v) is 11.5.